The number of aliphatic imine (C=N–C) groups is 1. The Morgan fingerprint density at radius 2 is 2.10 bits per heavy atom. The van der Waals surface area contributed by atoms with Crippen LogP contribution in [0.3, 0.4) is 0 Å². The largest absolute Gasteiger partial charge is 0.390 e. The number of amidine groups is 1. The van der Waals surface area contributed by atoms with E-state index in [1.54, 1.807) is 38.1 Å². The lowest BCUT2D eigenvalue weighted by Crippen LogP contribution is -2.61. The van der Waals surface area contributed by atoms with E-state index < -0.39 is 22.1 Å². The number of para-hydroxylation sites is 1. The van der Waals surface area contributed by atoms with Crippen LogP contribution in [0.2, 0.25) is 0 Å². The van der Waals surface area contributed by atoms with Crippen LogP contribution in [0.15, 0.2) is 29.3 Å². The van der Waals surface area contributed by atoms with Gasteiger partial charge in [0, 0.05) is 16.9 Å². The first-order valence-corrected chi connectivity index (χ1v) is 6.23. The lowest BCUT2D eigenvalue weighted by atomic mass is 9.74. The van der Waals surface area contributed by atoms with Crippen molar-refractivity contribution in [2.45, 2.75) is 37.5 Å². The molecule has 7 heteroatoms. The van der Waals surface area contributed by atoms with Crippen LogP contribution in [0.1, 0.15) is 25.8 Å². The highest BCUT2D eigenvalue weighted by molar-refractivity contribution is 5.91. The topological polar surface area (TPSA) is 128 Å². The lowest BCUT2D eigenvalue weighted by Gasteiger charge is -2.38. The molecular formula is C13H18N4O3. The van der Waals surface area contributed by atoms with Crippen molar-refractivity contribution >= 4 is 11.5 Å². The van der Waals surface area contributed by atoms with Crippen molar-refractivity contribution in [3.8, 4) is 0 Å². The molecule has 0 spiro atoms. The SMILES string of the molecule is CC(C)(O)CC1(N)c2ccccc2N=C(N)C1[N+](=O)[O-]. The number of hydrogen-bond acceptors (Lipinski definition) is 6. The van der Waals surface area contributed by atoms with Gasteiger partial charge in [-0.3, -0.25) is 10.1 Å². The van der Waals surface area contributed by atoms with E-state index in [4.69, 9.17) is 11.5 Å². The molecule has 0 radical (unpaired) electrons. The minimum atomic E-state index is -1.40. The Kier molecular flexibility index (Phi) is 3.27. The van der Waals surface area contributed by atoms with Crippen LogP contribution < -0.4 is 11.5 Å². The van der Waals surface area contributed by atoms with Crippen molar-refractivity contribution in [3.63, 3.8) is 0 Å². The molecule has 5 N–H and O–H groups in total. The van der Waals surface area contributed by atoms with Crippen LogP contribution in [0.25, 0.3) is 0 Å². The van der Waals surface area contributed by atoms with Crippen LogP contribution in [0.4, 0.5) is 5.69 Å². The zero-order valence-corrected chi connectivity index (χ0v) is 11.4. The van der Waals surface area contributed by atoms with Gasteiger partial charge in [-0.2, -0.15) is 0 Å². The third-order valence-corrected chi connectivity index (χ3v) is 3.36. The number of nitro groups is 1. The number of nitrogens with zero attached hydrogens (tertiary/aromatic N) is 2. The fourth-order valence-electron chi connectivity index (χ4n) is 2.78. The number of nitrogens with two attached hydrogens (primary N) is 2. The molecule has 1 aromatic carbocycles. The van der Waals surface area contributed by atoms with Crippen LogP contribution >= 0.6 is 0 Å². The van der Waals surface area contributed by atoms with E-state index in [2.05, 4.69) is 4.99 Å². The van der Waals surface area contributed by atoms with Gasteiger partial charge in [0.1, 0.15) is 5.54 Å². The fraction of sp³-hybridized carbons (Fsp3) is 0.462. The number of rotatable bonds is 3. The molecule has 2 rings (SSSR count). The summed E-state index contributed by atoms with van der Waals surface area (Å²) in [7, 11) is 0. The van der Waals surface area contributed by atoms with Crippen molar-refractivity contribution in [1.82, 2.24) is 0 Å². The molecule has 0 amide bonds. The van der Waals surface area contributed by atoms with E-state index >= 15 is 0 Å². The van der Waals surface area contributed by atoms with E-state index in [9.17, 15) is 15.2 Å². The number of fused-ring (bicyclic) bond motifs is 1. The van der Waals surface area contributed by atoms with Crippen LogP contribution in [0, 0.1) is 10.1 Å². The Balaban J connectivity index is 2.65. The minimum absolute atomic E-state index is 0.00111. The normalized spacial score (nSPS) is 25.8. The first kappa shape index (κ1) is 14.4. The summed E-state index contributed by atoms with van der Waals surface area (Å²) in [5.41, 5.74) is 10.5. The van der Waals surface area contributed by atoms with Crippen molar-refractivity contribution in [2.24, 2.45) is 16.5 Å². The van der Waals surface area contributed by atoms with E-state index in [1.165, 1.54) is 0 Å². The minimum Gasteiger partial charge on any atom is -0.390 e. The Morgan fingerprint density at radius 1 is 1.50 bits per heavy atom. The molecule has 108 valence electrons. The van der Waals surface area contributed by atoms with Gasteiger partial charge in [0.2, 0.25) is 0 Å². The Morgan fingerprint density at radius 3 is 2.65 bits per heavy atom. The lowest BCUT2D eigenvalue weighted by molar-refractivity contribution is -0.516. The summed E-state index contributed by atoms with van der Waals surface area (Å²) in [6.07, 6.45) is -0.00111. The highest BCUT2D eigenvalue weighted by atomic mass is 16.6. The maximum atomic E-state index is 11.4. The molecule has 1 heterocycles. The highest BCUT2D eigenvalue weighted by Crippen LogP contribution is 2.41. The second-order valence-corrected chi connectivity index (χ2v) is 5.77. The van der Waals surface area contributed by atoms with Gasteiger partial charge in [-0.15, -0.1) is 0 Å². The molecule has 20 heavy (non-hydrogen) atoms. The first-order chi connectivity index (χ1) is 9.15. The molecule has 2 atom stereocenters. The maximum Gasteiger partial charge on any atom is 0.290 e. The summed E-state index contributed by atoms with van der Waals surface area (Å²) in [6, 6.07) is 5.52. The third kappa shape index (κ3) is 2.37. The van der Waals surface area contributed by atoms with Crippen LogP contribution in [-0.2, 0) is 5.54 Å². The van der Waals surface area contributed by atoms with Gasteiger partial charge >= 0.3 is 0 Å². The molecule has 0 fully saturated rings. The molecule has 1 aliphatic rings. The van der Waals surface area contributed by atoms with Gasteiger partial charge in [0.25, 0.3) is 6.04 Å². The monoisotopic (exact) mass is 278 g/mol. The number of hydrogen-bond donors (Lipinski definition) is 3. The summed E-state index contributed by atoms with van der Waals surface area (Å²) >= 11 is 0. The first-order valence-electron chi connectivity index (χ1n) is 6.23. The van der Waals surface area contributed by atoms with Crippen molar-refractivity contribution < 1.29 is 10.0 Å². The van der Waals surface area contributed by atoms with E-state index in [1.807, 2.05) is 0 Å². The molecule has 7 nitrogen and oxygen atoms in total. The van der Waals surface area contributed by atoms with Crippen molar-refractivity contribution in [3.05, 3.63) is 39.9 Å². The van der Waals surface area contributed by atoms with Gasteiger partial charge in [-0.1, -0.05) is 18.2 Å². The number of aliphatic hydroxyl groups is 1. The molecule has 0 saturated heterocycles. The molecule has 0 saturated carbocycles. The Bertz CT molecular complexity index is 579. The molecule has 1 aromatic rings. The second kappa shape index (κ2) is 4.53. The number of benzene rings is 1. The van der Waals surface area contributed by atoms with Gasteiger partial charge in [0.05, 0.1) is 11.3 Å². The second-order valence-electron chi connectivity index (χ2n) is 5.77. The van der Waals surface area contributed by atoms with E-state index in [0.29, 0.717) is 11.3 Å². The van der Waals surface area contributed by atoms with E-state index in [-0.39, 0.29) is 12.3 Å². The average molecular weight is 278 g/mol. The smallest absolute Gasteiger partial charge is 0.290 e. The Hall–Kier alpha value is -1.99. The summed E-state index contributed by atoms with van der Waals surface area (Å²) < 4.78 is 0. The molecule has 0 aromatic heterocycles. The quantitative estimate of drug-likeness (QED) is 0.552. The molecule has 1 aliphatic heterocycles. The fourth-order valence-corrected chi connectivity index (χ4v) is 2.78. The third-order valence-electron chi connectivity index (χ3n) is 3.36. The highest BCUT2D eigenvalue weighted by Gasteiger charge is 2.53. The van der Waals surface area contributed by atoms with Crippen molar-refractivity contribution in [2.75, 3.05) is 0 Å². The molecule has 0 aliphatic carbocycles. The maximum absolute atomic E-state index is 11.4. The van der Waals surface area contributed by atoms with Gasteiger partial charge in [0.15, 0.2) is 5.84 Å². The zero-order chi connectivity index (χ0) is 15.1. The van der Waals surface area contributed by atoms with Crippen LogP contribution in [0.5, 0.6) is 0 Å². The predicted octanol–water partition coefficient (Wildman–Crippen LogP) is 0.649. The van der Waals surface area contributed by atoms with Gasteiger partial charge in [-0.25, -0.2) is 4.99 Å². The average Bonchev–Trinajstić information content (AvgIpc) is 2.25. The van der Waals surface area contributed by atoms with E-state index in [0.717, 1.165) is 0 Å². The van der Waals surface area contributed by atoms with Gasteiger partial charge in [-0.05, 0) is 19.9 Å². The molecular weight excluding hydrogens is 260 g/mol. The summed E-state index contributed by atoms with van der Waals surface area (Å²) in [5.74, 6) is -0.138. The van der Waals surface area contributed by atoms with Gasteiger partial charge < -0.3 is 16.6 Å². The summed E-state index contributed by atoms with van der Waals surface area (Å²) in [6.45, 7) is 3.12. The van der Waals surface area contributed by atoms with Crippen LogP contribution in [-0.4, -0.2) is 27.5 Å². The Labute approximate surface area is 116 Å². The predicted molar refractivity (Wildman–Crippen MR) is 75.3 cm³/mol. The standard InChI is InChI=1S/C13H18N4O3/c1-12(2,18)7-13(15)8-5-3-4-6-9(8)16-11(14)10(13)17(19)20/h3-6,10,18H,7,15H2,1-2H3,(H2,14,16). The molecule has 2 unspecified atom stereocenters. The zero-order valence-electron chi connectivity index (χ0n) is 11.4. The molecule has 0 bridgehead atoms. The van der Waals surface area contributed by atoms with Crippen molar-refractivity contribution in [1.29, 1.82) is 0 Å². The summed E-state index contributed by atoms with van der Waals surface area (Å²) in [4.78, 5) is 14.9. The summed E-state index contributed by atoms with van der Waals surface area (Å²) in [5, 5.41) is 21.4.